The largest absolute Gasteiger partial charge is 0.369 e. The molecule has 1 aliphatic heterocycles. The first-order valence-electron chi connectivity index (χ1n) is 6.36. The molecule has 1 aromatic rings. The SMILES string of the molecule is CC(=O)Nc1ccc(C)cc1N1CC(C(N)=O)CC1=O. The predicted octanol–water partition coefficient (Wildman–Crippen LogP) is 0.792. The smallest absolute Gasteiger partial charge is 0.227 e. The molecule has 106 valence electrons. The molecule has 1 atom stereocenters. The van der Waals surface area contributed by atoms with Crippen LogP contribution in [0.5, 0.6) is 0 Å². The van der Waals surface area contributed by atoms with E-state index >= 15 is 0 Å². The van der Waals surface area contributed by atoms with Crippen LogP contribution in [0.25, 0.3) is 0 Å². The standard InChI is InChI=1S/C14H17N3O3/c1-8-3-4-11(16-9(2)18)12(5-8)17-7-10(14(15)20)6-13(17)19/h3-5,10H,6-7H2,1-2H3,(H2,15,20)(H,16,18). The van der Waals surface area contributed by atoms with Crippen molar-refractivity contribution in [2.75, 3.05) is 16.8 Å². The van der Waals surface area contributed by atoms with Gasteiger partial charge in [-0.25, -0.2) is 0 Å². The molecule has 0 aliphatic carbocycles. The predicted molar refractivity (Wildman–Crippen MR) is 75.1 cm³/mol. The van der Waals surface area contributed by atoms with Crippen molar-refractivity contribution in [2.24, 2.45) is 11.7 Å². The van der Waals surface area contributed by atoms with E-state index in [4.69, 9.17) is 5.73 Å². The monoisotopic (exact) mass is 275 g/mol. The minimum Gasteiger partial charge on any atom is -0.369 e. The normalized spacial score (nSPS) is 18.2. The Balaban J connectivity index is 2.36. The van der Waals surface area contributed by atoms with Crippen LogP contribution >= 0.6 is 0 Å². The molecule has 2 rings (SSSR count). The fraction of sp³-hybridized carbons (Fsp3) is 0.357. The number of carbonyl (C=O) groups is 3. The van der Waals surface area contributed by atoms with Crippen LogP contribution < -0.4 is 16.0 Å². The molecule has 0 radical (unpaired) electrons. The summed E-state index contributed by atoms with van der Waals surface area (Å²) >= 11 is 0. The lowest BCUT2D eigenvalue weighted by Crippen LogP contribution is -2.29. The second-order valence-electron chi connectivity index (χ2n) is 5.01. The number of amides is 3. The molecule has 0 bridgehead atoms. The number of nitrogens with one attached hydrogen (secondary N) is 1. The molecule has 1 saturated heterocycles. The van der Waals surface area contributed by atoms with E-state index in [2.05, 4.69) is 5.32 Å². The molecule has 1 heterocycles. The molecule has 0 spiro atoms. The number of aryl methyl sites for hydroxylation is 1. The van der Waals surface area contributed by atoms with Gasteiger partial charge in [0.05, 0.1) is 17.3 Å². The topological polar surface area (TPSA) is 92.5 Å². The summed E-state index contributed by atoms with van der Waals surface area (Å²) in [7, 11) is 0. The average molecular weight is 275 g/mol. The zero-order valence-electron chi connectivity index (χ0n) is 11.5. The van der Waals surface area contributed by atoms with Gasteiger partial charge in [0, 0.05) is 19.9 Å². The average Bonchev–Trinajstić information content (AvgIpc) is 2.73. The van der Waals surface area contributed by atoms with E-state index in [0.29, 0.717) is 11.4 Å². The number of rotatable bonds is 3. The summed E-state index contributed by atoms with van der Waals surface area (Å²) in [6.45, 7) is 3.55. The number of anilines is 2. The summed E-state index contributed by atoms with van der Waals surface area (Å²) in [5.74, 6) is -1.33. The van der Waals surface area contributed by atoms with Crippen molar-refractivity contribution in [2.45, 2.75) is 20.3 Å². The second kappa shape index (κ2) is 5.32. The number of nitrogens with two attached hydrogens (primary N) is 1. The minimum atomic E-state index is -0.479. The Kier molecular flexibility index (Phi) is 3.74. The van der Waals surface area contributed by atoms with Gasteiger partial charge in [0.15, 0.2) is 0 Å². The van der Waals surface area contributed by atoms with Gasteiger partial charge in [-0.3, -0.25) is 14.4 Å². The molecule has 20 heavy (non-hydrogen) atoms. The number of nitrogens with zero attached hydrogens (tertiary/aromatic N) is 1. The third-order valence-electron chi connectivity index (χ3n) is 3.28. The van der Waals surface area contributed by atoms with Crippen molar-refractivity contribution in [3.63, 3.8) is 0 Å². The maximum atomic E-state index is 12.0. The molecule has 0 saturated carbocycles. The van der Waals surface area contributed by atoms with Crippen molar-refractivity contribution in [1.29, 1.82) is 0 Å². The van der Waals surface area contributed by atoms with Crippen LogP contribution in [0.2, 0.25) is 0 Å². The van der Waals surface area contributed by atoms with E-state index in [1.165, 1.54) is 11.8 Å². The molecule has 6 heteroatoms. The van der Waals surface area contributed by atoms with Crippen molar-refractivity contribution < 1.29 is 14.4 Å². The van der Waals surface area contributed by atoms with Crippen LogP contribution in [-0.4, -0.2) is 24.3 Å². The molecule has 3 amide bonds. The first-order valence-corrected chi connectivity index (χ1v) is 6.36. The summed E-state index contributed by atoms with van der Waals surface area (Å²) in [4.78, 5) is 36.0. The van der Waals surface area contributed by atoms with E-state index in [9.17, 15) is 14.4 Å². The van der Waals surface area contributed by atoms with Crippen LogP contribution in [0.3, 0.4) is 0 Å². The second-order valence-corrected chi connectivity index (χ2v) is 5.01. The summed E-state index contributed by atoms with van der Waals surface area (Å²) in [5.41, 5.74) is 7.39. The minimum absolute atomic E-state index is 0.114. The highest BCUT2D eigenvalue weighted by atomic mass is 16.2. The maximum absolute atomic E-state index is 12.0. The van der Waals surface area contributed by atoms with Crippen molar-refractivity contribution in [3.8, 4) is 0 Å². The Labute approximate surface area is 116 Å². The van der Waals surface area contributed by atoms with Crippen molar-refractivity contribution in [3.05, 3.63) is 23.8 Å². The van der Waals surface area contributed by atoms with Gasteiger partial charge in [-0.15, -0.1) is 0 Å². The highest BCUT2D eigenvalue weighted by molar-refractivity contribution is 6.04. The molecule has 1 aromatic carbocycles. The van der Waals surface area contributed by atoms with E-state index in [-0.39, 0.29) is 24.8 Å². The van der Waals surface area contributed by atoms with E-state index in [0.717, 1.165) is 5.56 Å². The van der Waals surface area contributed by atoms with E-state index in [1.54, 1.807) is 6.07 Å². The Bertz CT molecular complexity index is 583. The first-order chi connectivity index (χ1) is 9.38. The van der Waals surface area contributed by atoms with Gasteiger partial charge in [0.1, 0.15) is 0 Å². The molecule has 0 aromatic heterocycles. The molecule has 1 unspecified atom stereocenters. The van der Waals surface area contributed by atoms with E-state index in [1.807, 2.05) is 19.1 Å². The van der Waals surface area contributed by atoms with Crippen LogP contribution in [0, 0.1) is 12.8 Å². The Morgan fingerprint density at radius 3 is 2.65 bits per heavy atom. The molecule has 1 fully saturated rings. The highest BCUT2D eigenvalue weighted by Gasteiger charge is 2.35. The zero-order valence-corrected chi connectivity index (χ0v) is 11.5. The zero-order chi connectivity index (χ0) is 14.9. The van der Waals surface area contributed by atoms with Crippen LogP contribution in [0.4, 0.5) is 11.4 Å². The molecular weight excluding hydrogens is 258 g/mol. The lowest BCUT2D eigenvalue weighted by atomic mass is 10.1. The highest BCUT2D eigenvalue weighted by Crippen LogP contribution is 2.32. The Morgan fingerprint density at radius 1 is 1.40 bits per heavy atom. The summed E-state index contributed by atoms with van der Waals surface area (Å²) in [6.07, 6.45) is 0.114. The lowest BCUT2D eigenvalue weighted by Gasteiger charge is -2.20. The molecule has 1 aliphatic rings. The van der Waals surface area contributed by atoms with Gasteiger partial charge in [0.2, 0.25) is 17.7 Å². The van der Waals surface area contributed by atoms with E-state index < -0.39 is 11.8 Å². The summed E-state index contributed by atoms with van der Waals surface area (Å²) in [5, 5.41) is 2.69. The van der Waals surface area contributed by atoms with Crippen LogP contribution in [0.15, 0.2) is 18.2 Å². The first kappa shape index (κ1) is 14.0. The van der Waals surface area contributed by atoms with Gasteiger partial charge < -0.3 is 16.0 Å². The van der Waals surface area contributed by atoms with Gasteiger partial charge in [-0.05, 0) is 24.6 Å². The number of carbonyl (C=O) groups excluding carboxylic acids is 3. The van der Waals surface area contributed by atoms with Gasteiger partial charge in [-0.1, -0.05) is 6.07 Å². The quantitative estimate of drug-likeness (QED) is 0.854. The summed E-state index contributed by atoms with van der Waals surface area (Å²) < 4.78 is 0. The molecular formula is C14H17N3O3. The number of primary amides is 1. The third kappa shape index (κ3) is 2.79. The lowest BCUT2D eigenvalue weighted by molar-refractivity contribution is -0.123. The summed E-state index contributed by atoms with van der Waals surface area (Å²) in [6, 6.07) is 5.41. The van der Waals surface area contributed by atoms with Crippen LogP contribution in [0.1, 0.15) is 18.9 Å². The van der Waals surface area contributed by atoms with Crippen LogP contribution in [-0.2, 0) is 14.4 Å². The third-order valence-corrected chi connectivity index (χ3v) is 3.28. The molecule has 3 N–H and O–H groups in total. The van der Waals surface area contributed by atoms with Gasteiger partial charge in [-0.2, -0.15) is 0 Å². The Hall–Kier alpha value is -2.37. The molecule has 6 nitrogen and oxygen atoms in total. The van der Waals surface area contributed by atoms with Crippen molar-refractivity contribution >= 4 is 29.1 Å². The maximum Gasteiger partial charge on any atom is 0.227 e. The fourth-order valence-corrected chi connectivity index (χ4v) is 2.29. The van der Waals surface area contributed by atoms with Crippen molar-refractivity contribution in [1.82, 2.24) is 0 Å². The number of hydrogen-bond donors (Lipinski definition) is 2. The Morgan fingerprint density at radius 2 is 2.10 bits per heavy atom. The number of hydrogen-bond acceptors (Lipinski definition) is 3. The number of benzene rings is 1. The van der Waals surface area contributed by atoms with Gasteiger partial charge >= 0.3 is 0 Å². The fourth-order valence-electron chi connectivity index (χ4n) is 2.29. The van der Waals surface area contributed by atoms with Gasteiger partial charge in [0.25, 0.3) is 0 Å².